The molecule has 5 rings (SSSR count). The molecule has 0 saturated carbocycles. The van der Waals surface area contributed by atoms with E-state index in [1.807, 2.05) is 12.1 Å². The largest absolute Gasteiger partial charge is 0.489 e. The Balaban J connectivity index is 0.919. The maximum absolute atomic E-state index is 13.2. The standard InChI is InChI=1S/C36H46F3N5O7S/c1-25-23-26(5-6-28(25)35(48)44(24-45)30-7-8-32(46)40-34(30)47)43-15-13-42(14-16-43)18-20-50-22-21-49-19-17-41-11-9-27(10-12-41)51-31-4-2-3-29(33(31)52)36(37,38)39/h2-6,23-24,27,30,52H,7-22H2,1H3,(H,40,46,47). The normalized spacial score (nSPS) is 19.4. The van der Waals surface area contributed by atoms with Gasteiger partial charge in [-0.25, -0.2) is 0 Å². The van der Waals surface area contributed by atoms with Crippen LogP contribution in [0.25, 0.3) is 0 Å². The monoisotopic (exact) mass is 749 g/mol. The van der Waals surface area contributed by atoms with Gasteiger partial charge in [-0.05, 0) is 62.1 Å². The van der Waals surface area contributed by atoms with Crippen LogP contribution in [0.2, 0.25) is 0 Å². The maximum Gasteiger partial charge on any atom is 0.417 e. The molecular weight excluding hydrogens is 703 g/mol. The van der Waals surface area contributed by atoms with Gasteiger partial charge in [0.2, 0.25) is 18.2 Å². The minimum atomic E-state index is -4.47. The number of rotatable bonds is 15. The average molecular weight is 750 g/mol. The molecule has 2 aromatic rings. The van der Waals surface area contributed by atoms with E-state index < -0.39 is 35.5 Å². The number of carbonyl (C=O) groups is 4. The smallest absolute Gasteiger partial charge is 0.417 e. The number of aryl methyl sites for hydroxylation is 1. The molecule has 12 nitrogen and oxygen atoms in total. The molecule has 2 aromatic carbocycles. The lowest BCUT2D eigenvalue weighted by Crippen LogP contribution is -2.53. The molecule has 16 heteroatoms. The van der Waals surface area contributed by atoms with Crippen LogP contribution in [0, 0.1) is 6.92 Å². The van der Waals surface area contributed by atoms with E-state index in [9.17, 15) is 32.3 Å². The first-order valence-electron chi connectivity index (χ1n) is 17.6. The zero-order valence-corrected chi connectivity index (χ0v) is 30.1. The molecule has 0 radical (unpaired) electrons. The van der Waals surface area contributed by atoms with Crippen molar-refractivity contribution >= 4 is 42.4 Å². The highest BCUT2D eigenvalue weighted by molar-refractivity contribution is 7.80. The Morgan fingerprint density at radius 1 is 0.942 bits per heavy atom. The fourth-order valence-corrected chi connectivity index (χ4v) is 6.98. The summed E-state index contributed by atoms with van der Waals surface area (Å²) >= 11 is 4.07. The minimum Gasteiger partial charge on any atom is -0.489 e. The predicted octanol–water partition coefficient (Wildman–Crippen LogP) is 3.40. The zero-order valence-electron chi connectivity index (χ0n) is 29.2. The van der Waals surface area contributed by atoms with Crippen LogP contribution in [0.15, 0.2) is 41.3 Å². The number of ether oxygens (including phenoxy) is 3. The number of alkyl halides is 3. The predicted molar refractivity (Wildman–Crippen MR) is 189 cm³/mol. The van der Waals surface area contributed by atoms with Crippen molar-refractivity contribution in [2.45, 2.75) is 55.8 Å². The van der Waals surface area contributed by atoms with Gasteiger partial charge in [0.25, 0.3) is 5.91 Å². The number of benzene rings is 2. The molecule has 284 valence electrons. The molecule has 4 amide bonds. The van der Waals surface area contributed by atoms with E-state index in [1.54, 1.807) is 13.0 Å². The van der Waals surface area contributed by atoms with Gasteiger partial charge in [0, 0.05) is 70.0 Å². The summed E-state index contributed by atoms with van der Waals surface area (Å²) in [5.41, 5.74) is 1.21. The van der Waals surface area contributed by atoms with Crippen LogP contribution in [0.4, 0.5) is 18.9 Å². The van der Waals surface area contributed by atoms with E-state index in [2.05, 4.69) is 32.6 Å². The van der Waals surface area contributed by atoms with Crippen molar-refractivity contribution in [2.24, 2.45) is 0 Å². The first-order chi connectivity index (χ1) is 24.9. The lowest BCUT2D eigenvalue weighted by atomic mass is 10.0. The molecule has 1 unspecified atom stereocenters. The number of imide groups is 2. The number of hydrogen-bond donors (Lipinski definition) is 2. The van der Waals surface area contributed by atoms with Crippen LogP contribution in [0.5, 0.6) is 5.75 Å². The second-order valence-corrected chi connectivity index (χ2v) is 13.6. The van der Waals surface area contributed by atoms with Crippen LogP contribution in [0.1, 0.15) is 47.2 Å². The fourth-order valence-electron chi connectivity index (χ4n) is 6.65. The van der Waals surface area contributed by atoms with Crippen LogP contribution < -0.4 is 15.0 Å². The number of halogens is 3. The van der Waals surface area contributed by atoms with Crippen molar-refractivity contribution in [1.29, 1.82) is 0 Å². The Morgan fingerprint density at radius 3 is 2.19 bits per heavy atom. The van der Waals surface area contributed by atoms with Gasteiger partial charge in [-0.2, -0.15) is 13.2 Å². The fraction of sp³-hybridized carbons (Fsp3) is 0.556. The van der Waals surface area contributed by atoms with Crippen LogP contribution in [-0.2, 0) is 30.0 Å². The number of hydrogen-bond acceptors (Lipinski definition) is 11. The van der Waals surface area contributed by atoms with E-state index in [1.165, 1.54) is 12.1 Å². The number of amides is 4. The molecule has 0 aliphatic carbocycles. The van der Waals surface area contributed by atoms with Gasteiger partial charge in [-0.3, -0.25) is 34.3 Å². The van der Waals surface area contributed by atoms with Crippen molar-refractivity contribution in [3.63, 3.8) is 0 Å². The minimum absolute atomic E-state index is 0.0675. The Kier molecular flexibility index (Phi) is 14.0. The molecule has 3 saturated heterocycles. The maximum atomic E-state index is 13.2. The summed E-state index contributed by atoms with van der Waals surface area (Å²) in [5, 5.41) is 2.19. The molecule has 3 heterocycles. The molecule has 3 aliphatic heterocycles. The molecular formula is C36H46F3N5O7S. The van der Waals surface area contributed by atoms with E-state index in [0.29, 0.717) is 56.8 Å². The highest BCUT2D eigenvalue weighted by atomic mass is 32.1. The molecule has 0 bridgehead atoms. The van der Waals surface area contributed by atoms with Gasteiger partial charge < -0.3 is 24.0 Å². The van der Waals surface area contributed by atoms with Gasteiger partial charge in [0.1, 0.15) is 17.9 Å². The van der Waals surface area contributed by atoms with E-state index in [-0.39, 0.29) is 29.6 Å². The van der Waals surface area contributed by atoms with E-state index in [4.69, 9.17) is 14.2 Å². The summed E-state index contributed by atoms with van der Waals surface area (Å²) in [7, 11) is 0. The highest BCUT2D eigenvalue weighted by Gasteiger charge is 2.36. The average Bonchev–Trinajstić information content (AvgIpc) is 3.11. The van der Waals surface area contributed by atoms with E-state index in [0.717, 1.165) is 69.0 Å². The number of nitrogens with one attached hydrogen (secondary N) is 1. The summed E-state index contributed by atoms with van der Waals surface area (Å²) in [6, 6.07) is 8.31. The molecule has 0 aromatic heterocycles. The Labute approximate surface area is 306 Å². The third-order valence-electron chi connectivity index (χ3n) is 9.68. The summed E-state index contributed by atoms with van der Waals surface area (Å²) in [4.78, 5) is 56.2. The number of likely N-dealkylation sites (tertiary alicyclic amines) is 1. The molecule has 1 atom stereocenters. The number of anilines is 1. The number of carbonyl (C=O) groups excluding carboxylic acids is 4. The van der Waals surface area contributed by atoms with Crippen LogP contribution >= 0.6 is 12.6 Å². The molecule has 1 N–H and O–H groups in total. The van der Waals surface area contributed by atoms with E-state index >= 15 is 0 Å². The third kappa shape index (κ3) is 10.5. The molecule has 0 spiro atoms. The highest BCUT2D eigenvalue weighted by Crippen LogP contribution is 2.38. The SMILES string of the molecule is Cc1cc(N2CCN(CCOCCOCCN3CCC(Oc4cccc(C(F)(F)F)c4S)CC3)CC2)ccc1C(=O)N(C=O)C1CCC(=O)NC1=O. The van der Waals surface area contributed by atoms with Crippen molar-refractivity contribution in [1.82, 2.24) is 20.0 Å². The Bertz CT molecular complexity index is 1570. The third-order valence-corrected chi connectivity index (χ3v) is 10.1. The van der Waals surface area contributed by atoms with Gasteiger partial charge in [-0.15, -0.1) is 12.6 Å². The zero-order chi connectivity index (χ0) is 37.3. The summed E-state index contributed by atoms with van der Waals surface area (Å²) in [6.07, 6.45) is -2.68. The van der Waals surface area contributed by atoms with Gasteiger partial charge in [-0.1, -0.05) is 6.07 Å². The lowest BCUT2D eigenvalue weighted by molar-refractivity contribution is -0.140. The lowest BCUT2D eigenvalue weighted by Gasteiger charge is -2.36. The van der Waals surface area contributed by atoms with Crippen molar-refractivity contribution < 1.29 is 46.6 Å². The van der Waals surface area contributed by atoms with Crippen molar-refractivity contribution in [3.05, 3.63) is 53.1 Å². The second-order valence-electron chi connectivity index (χ2n) is 13.1. The quantitative estimate of drug-likeness (QED) is 0.121. The number of thiol groups is 1. The summed E-state index contributed by atoms with van der Waals surface area (Å²) < 4.78 is 57.0. The Morgan fingerprint density at radius 2 is 1.60 bits per heavy atom. The Hall–Kier alpha value is -3.70. The van der Waals surface area contributed by atoms with Gasteiger partial charge >= 0.3 is 6.18 Å². The number of nitrogens with zero attached hydrogens (tertiary/aromatic N) is 4. The molecule has 3 fully saturated rings. The summed E-state index contributed by atoms with van der Waals surface area (Å²) in [5.74, 6) is -1.47. The van der Waals surface area contributed by atoms with Crippen LogP contribution in [-0.4, -0.2) is 130 Å². The van der Waals surface area contributed by atoms with Crippen molar-refractivity contribution in [2.75, 3.05) is 83.7 Å². The first kappa shape index (κ1) is 39.5. The number of piperazine rings is 1. The second kappa shape index (κ2) is 18.4. The topological polar surface area (TPSA) is 121 Å². The van der Waals surface area contributed by atoms with Gasteiger partial charge in [0.15, 0.2) is 0 Å². The molecule has 52 heavy (non-hydrogen) atoms. The van der Waals surface area contributed by atoms with Gasteiger partial charge in [0.05, 0.1) is 36.9 Å². The molecule has 3 aliphatic rings. The van der Waals surface area contributed by atoms with Crippen LogP contribution in [0.3, 0.4) is 0 Å². The number of piperidine rings is 2. The first-order valence-corrected chi connectivity index (χ1v) is 18.0. The van der Waals surface area contributed by atoms with Crippen molar-refractivity contribution in [3.8, 4) is 5.75 Å². The summed E-state index contributed by atoms with van der Waals surface area (Å²) in [6.45, 7) is 10.4.